The molecule has 0 fully saturated rings. The molecule has 0 spiro atoms. The average molecular weight is 322 g/mol. The van der Waals surface area contributed by atoms with Gasteiger partial charge in [0.2, 0.25) is 5.95 Å². The molecule has 1 aromatic rings. The number of halogens is 1. The molecule has 0 aliphatic rings. The molecule has 0 amide bonds. The molecule has 0 saturated carbocycles. The molecular weight excluding hydrogens is 307 g/mol. The monoisotopic (exact) mass is 322 g/mol. The highest BCUT2D eigenvalue weighted by Crippen LogP contribution is 2.01. The molecule has 0 aliphatic carbocycles. The summed E-state index contributed by atoms with van der Waals surface area (Å²) < 4.78 is 1.02. The van der Waals surface area contributed by atoms with Crippen LogP contribution in [0.5, 0.6) is 0 Å². The fraction of sp³-hybridized carbons (Fsp3) is 0.556. The summed E-state index contributed by atoms with van der Waals surface area (Å²) in [5.41, 5.74) is 0. The van der Waals surface area contributed by atoms with Crippen molar-refractivity contribution in [3.05, 3.63) is 16.0 Å². The second kappa shape index (κ2) is 6.91. The minimum Gasteiger partial charge on any atom is -0.392 e. The Bertz CT molecular complexity index is 278. The van der Waals surface area contributed by atoms with Crippen LogP contribution in [0.15, 0.2) is 12.4 Å². The molecule has 1 rings (SSSR count). The van der Waals surface area contributed by atoms with Gasteiger partial charge >= 0.3 is 0 Å². The number of nitrogens with zero attached hydrogens (tertiary/aromatic N) is 2. The second-order valence-corrected chi connectivity index (χ2v) is 4.45. The van der Waals surface area contributed by atoms with Gasteiger partial charge in [0.15, 0.2) is 0 Å². The SMILES string of the molecule is CC(O)CNCCNc1ncc(I)cn1. The van der Waals surface area contributed by atoms with Crippen LogP contribution in [-0.2, 0) is 0 Å². The number of anilines is 1. The first-order valence-electron chi connectivity index (χ1n) is 4.78. The van der Waals surface area contributed by atoms with Crippen LogP contribution in [0.3, 0.4) is 0 Å². The van der Waals surface area contributed by atoms with E-state index in [1.165, 1.54) is 0 Å². The van der Waals surface area contributed by atoms with Gasteiger partial charge in [-0.05, 0) is 29.5 Å². The molecule has 1 heterocycles. The molecule has 3 N–H and O–H groups in total. The number of rotatable bonds is 6. The largest absolute Gasteiger partial charge is 0.392 e. The van der Waals surface area contributed by atoms with Crippen molar-refractivity contribution in [2.75, 3.05) is 25.0 Å². The molecule has 0 aromatic carbocycles. The van der Waals surface area contributed by atoms with Gasteiger partial charge in [-0.1, -0.05) is 0 Å². The Morgan fingerprint density at radius 2 is 2.07 bits per heavy atom. The van der Waals surface area contributed by atoms with Crippen molar-refractivity contribution in [2.45, 2.75) is 13.0 Å². The minimum absolute atomic E-state index is 0.306. The highest BCUT2D eigenvalue weighted by atomic mass is 127. The zero-order valence-corrected chi connectivity index (χ0v) is 10.7. The van der Waals surface area contributed by atoms with Crippen LogP contribution < -0.4 is 10.6 Å². The first-order valence-corrected chi connectivity index (χ1v) is 5.86. The average Bonchev–Trinajstić information content (AvgIpc) is 2.20. The summed E-state index contributed by atoms with van der Waals surface area (Å²) in [6, 6.07) is 0. The van der Waals surface area contributed by atoms with Gasteiger partial charge in [0, 0.05) is 35.6 Å². The number of nitrogens with one attached hydrogen (secondary N) is 2. The molecule has 0 bridgehead atoms. The van der Waals surface area contributed by atoms with Crippen molar-refractivity contribution >= 4 is 28.5 Å². The predicted octanol–water partition coefficient (Wildman–Crippen LogP) is 0.463. The van der Waals surface area contributed by atoms with Crippen molar-refractivity contribution in [3.63, 3.8) is 0 Å². The lowest BCUT2D eigenvalue weighted by atomic mass is 10.4. The lowest BCUT2D eigenvalue weighted by Gasteiger charge is -2.07. The van der Waals surface area contributed by atoms with E-state index in [1.54, 1.807) is 19.3 Å². The van der Waals surface area contributed by atoms with Crippen LogP contribution in [0.2, 0.25) is 0 Å². The minimum atomic E-state index is -0.306. The molecular formula is C9H15IN4O. The standard InChI is InChI=1S/C9H15IN4O/c1-7(15)4-11-2-3-12-9-13-5-8(10)6-14-9/h5-7,11,15H,2-4H2,1H3,(H,12,13,14). The normalized spacial score (nSPS) is 12.5. The second-order valence-electron chi connectivity index (χ2n) is 3.20. The lowest BCUT2D eigenvalue weighted by molar-refractivity contribution is 0.192. The van der Waals surface area contributed by atoms with E-state index in [0.29, 0.717) is 12.5 Å². The highest BCUT2D eigenvalue weighted by molar-refractivity contribution is 14.1. The molecule has 1 aromatic heterocycles. The van der Waals surface area contributed by atoms with Crippen molar-refractivity contribution in [3.8, 4) is 0 Å². The Kier molecular flexibility index (Phi) is 5.81. The highest BCUT2D eigenvalue weighted by Gasteiger charge is 1.96. The molecule has 1 atom stereocenters. The summed E-state index contributed by atoms with van der Waals surface area (Å²) in [6.45, 7) is 3.88. The first-order chi connectivity index (χ1) is 7.18. The van der Waals surface area contributed by atoms with Gasteiger partial charge in [-0.2, -0.15) is 0 Å². The summed E-state index contributed by atoms with van der Waals surface area (Å²) in [4.78, 5) is 8.21. The van der Waals surface area contributed by atoms with Gasteiger partial charge in [-0.3, -0.25) is 0 Å². The van der Waals surface area contributed by atoms with Gasteiger partial charge in [-0.15, -0.1) is 0 Å². The van der Waals surface area contributed by atoms with Crippen LogP contribution in [0.4, 0.5) is 5.95 Å². The van der Waals surface area contributed by atoms with Crippen molar-refractivity contribution in [2.24, 2.45) is 0 Å². The Balaban J connectivity index is 2.12. The third kappa shape index (κ3) is 5.85. The van der Waals surface area contributed by atoms with Gasteiger partial charge in [0.25, 0.3) is 0 Å². The maximum absolute atomic E-state index is 8.99. The fourth-order valence-corrected chi connectivity index (χ4v) is 1.26. The number of aliphatic hydroxyl groups is 1. The number of aromatic nitrogens is 2. The van der Waals surface area contributed by atoms with Crippen LogP contribution in [0.25, 0.3) is 0 Å². The van der Waals surface area contributed by atoms with E-state index in [0.717, 1.165) is 16.7 Å². The van der Waals surface area contributed by atoms with Gasteiger partial charge in [-0.25, -0.2) is 9.97 Å². The van der Waals surface area contributed by atoms with Gasteiger partial charge in [0.05, 0.1) is 6.10 Å². The zero-order valence-electron chi connectivity index (χ0n) is 8.57. The quantitative estimate of drug-likeness (QED) is 0.524. The molecule has 15 heavy (non-hydrogen) atoms. The Morgan fingerprint density at radius 1 is 1.40 bits per heavy atom. The van der Waals surface area contributed by atoms with Crippen LogP contribution in [-0.4, -0.2) is 40.8 Å². The van der Waals surface area contributed by atoms with Gasteiger partial charge < -0.3 is 15.7 Å². The summed E-state index contributed by atoms with van der Waals surface area (Å²) in [6.07, 6.45) is 3.22. The summed E-state index contributed by atoms with van der Waals surface area (Å²) in [5.74, 6) is 0.634. The molecule has 5 nitrogen and oxygen atoms in total. The fourth-order valence-electron chi connectivity index (χ4n) is 0.977. The topological polar surface area (TPSA) is 70.1 Å². The van der Waals surface area contributed by atoms with E-state index in [1.807, 2.05) is 0 Å². The van der Waals surface area contributed by atoms with Crippen molar-refractivity contribution in [1.82, 2.24) is 15.3 Å². The maximum atomic E-state index is 8.99. The third-order valence-electron chi connectivity index (χ3n) is 1.64. The molecule has 84 valence electrons. The van der Waals surface area contributed by atoms with Crippen LogP contribution in [0.1, 0.15) is 6.92 Å². The zero-order chi connectivity index (χ0) is 11.1. The van der Waals surface area contributed by atoms with E-state index in [4.69, 9.17) is 5.11 Å². The molecule has 0 saturated heterocycles. The van der Waals surface area contributed by atoms with E-state index in [2.05, 4.69) is 43.2 Å². The first kappa shape index (κ1) is 12.6. The van der Waals surface area contributed by atoms with E-state index < -0.39 is 0 Å². The lowest BCUT2D eigenvalue weighted by Crippen LogP contribution is -2.29. The third-order valence-corrected chi connectivity index (χ3v) is 2.20. The summed E-state index contributed by atoms with van der Waals surface area (Å²) in [5, 5.41) is 15.2. The molecule has 6 heteroatoms. The van der Waals surface area contributed by atoms with E-state index in [-0.39, 0.29) is 6.10 Å². The summed E-state index contributed by atoms with van der Waals surface area (Å²) >= 11 is 2.16. The molecule has 0 aliphatic heterocycles. The van der Waals surface area contributed by atoms with Crippen molar-refractivity contribution in [1.29, 1.82) is 0 Å². The van der Waals surface area contributed by atoms with Crippen LogP contribution >= 0.6 is 22.6 Å². The van der Waals surface area contributed by atoms with Crippen molar-refractivity contribution < 1.29 is 5.11 Å². The molecule has 0 radical (unpaired) electrons. The Hall–Kier alpha value is -0.470. The maximum Gasteiger partial charge on any atom is 0.222 e. The summed E-state index contributed by atoms with van der Waals surface area (Å²) in [7, 11) is 0. The number of hydrogen-bond acceptors (Lipinski definition) is 5. The smallest absolute Gasteiger partial charge is 0.222 e. The van der Waals surface area contributed by atoms with Gasteiger partial charge in [0.1, 0.15) is 0 Å². The molecule has 1 unspecified atom stereocenters. The Labute approximate surface area is 103 Å². The number of hydrogen-bond donors (Lipinski definition) is 3. The Morgan fingerprint density at radius 3 is 2.67 bits per heavy atom. The van der Waals surface area contributed by atoms with E-state index >= 15 is 0 Å². The van der Waals surface area contributed by atoms with E-state index in [9.17, 15) is 0 Å². The van der Waals surface area contributed by atoms with Crippen LogP contribution in [0, 0.1) is 3.57 Å². The predicted molar refractivity (Wildman–Crippen MR) is 67.8 cm³/mol. The number of aliphatic hydroxyl groups excluding tert-OH is 1.